The van der Waals surface area contributed by atoms with Crippen LogP contribution in [0.3, 0.4) is 0 Å². The molecule has 0 spiro atoms. The second kappa shape index (κ2) is 6.99. The summed E-state index contributed by atoms with van der Waals surface area (Å²) in [5, 5.41) is 0. The standard InChI is InChI=1S/C13H16F2O/c1-2-3-4-5-6-9-16-11-7-8-12(14)13(15)10-11/h2,7-8,10H,1,3-6,9H2. The summed E-state index contributed by atoms with van der Waals surface area (Å²) < 4.78 is 30.7. The Labute approximate surface area is 94.7 Å². The van der Waals surface area contributed by atoms with Crippen LogP contribution in [0.25, 0.3) is 0 Å². The highest BCUT2D eigenvalue weighted by atomic mass is 19.2. The van der Waals surface area contributed by atoms with E-state index in [9.17, 15) is 8.78 Å². The fourth-order valence-corrected chi connectivity index (χ4v) is 1.32. The van der Waals surface area contributed by atoms with Gasteiger partial charge in [-0.15, -0.1) is 6.58 Å². The second-order valence-corrected chi connectivity index (χ2v) is 3.56. The molecule has 0 saturated carbocycles. The molecule has 0 aromatic heterocycles. The first-order valence-electron chi connectivity index (χ1n) is 5.43. The van der Waals surface area contributed by atoms with Crippen molar-refractivity contribution in [1.29, 1.82) is 0 Å². The monoisotopic (exact) mass is 226 g/mol. The van der Waals surface area contributed by atoms with Crippen LogP contribution in [0.4, 0.5) is 8.78 Å². The van der Waals surface area contributed by atoms with Crippen LogP contribution in [-0.4, -0.2) is 6.61 Å². The minimum Gasteiger partial charge on any atom is -0.493 e. The number of hydrogen-bond donors (Lipinski definition) is 0. The lowest BCUT2D eigenvalue weighted by molar-refractivity contribution is 0.303. The number of allylic oxidation sites excluding steroid dienone is 1. The smallest absolute Gasteiger partial charge is 0.162 e. The van der Waals surface area contributed by atoms with Crippen molar-refractivity contribution in [3.05, 3.63) is 42.5 Å². The van der Waals surface area contributed by atoms with Gasteiger partial charge in [-0.25, -0.2) is 8.78 Å². The molecule has 16 heavy (non-hydrogen) atoms. The van der Waals surface area contributed by atoms with Gasteiger partial charge in [0.1, 0.15) is 5.75 Å². The minimum absolute atomic E-state index is 0.377. The molecule has 0 aliphatic heterocycles. The Bertz CT molecular complexity index is 337. The van der Waals surface area contributed by atoms with E-state index in [-0.39, 0.29) is 0 Å². The fraction of sp³-hybridized carbons (Fsp3) is 0.385. The molecule has 1 aromatic carbocycles. The third kappa shape index (κ3) is 4.43. The van der Waals surface area contributed by atoms with E-state index in [0.717, 1.165) is 37.8 Å². The maximum absolute atomic E-state index is 12.8. The summed E-state index contributed by atoms with van der Waals surface area (Å²) in [5.41, 5.74) is 0. The molecule has 0 unspecified atom stereocenters. The van der Waals surface area contributed by atoms with Crippen LogP contribution in [0.5, 0.6) is 5.75 Å². The Balaban J connectivity index is 2.21. The lowest BCUT2D eigenvalue weighted by atomic mass is 10.2. The Morgan fingerprint density at radius 3 is 2.62 bits per heavy atom. The van der Waals surface area contributed by atoms with E-state index in [4.69, 9.17) is 4.74 Å². The van der Waals surface area contributed by atoms with Crippen molar-refractivity contribution in [2.24, 2.45) is 0 Å². The number of rotatable bonds is 7. The SMILES string of the molecule is C=CCCCCCOc1ccc(F)c(F)c1. The first kappa shape index (κ1) is 12.7. The third-order valence-corrected chi connectivity index (χ3v) is 2.21. The summed E-state index contributed by atoms with van der Waals surface area (Å²) in [6.07, 6.45) is 5.94. The van der Waals surface area contributed by atoms with Gasteiger partial charge >= 0.3 is 0 Å². The Morgan fingerprint density at radius 2 is 1.94 bits per heavy atom. The molecule has 0 heterocycles. The predicted octanol–water partition coefficient (Wildman–Crippen LogP) is 4.09. The summed E-state index contributed by atoms with van der Waals surface area (Å²) in [6, 6.07) is 3.57. The molecule has 0 amide bonds. The highest BCUT2D eigenvalue weighted by Crippen LogP contribution is 2.15. The lowest BCUT2D eigenvalue weighted by Crippen LogP contribution is -1.98. The number of benzene rings is 1. The maximum Gasteiger partial charge on any atom is 0.162 e. The van der Waals surface area contributed by atoms with Crippen LogP contribution < -0.4 is 4.74 Å². The molecule has 0 radical (unpaired) electrons. The van der Waals surface area contributed by atoms with Crippen LogP contribution in [0.15, 0.2) is 30.9 Å². The summed E-state index contributed by atoms with van der Waals surface area (Å²) in [4.78, 5) is 0. The topological polar surface area (TPSA) is 9.23 Å². The van der Waals surface area contributed by atoms with Gasteiger partial charge in [0.2, 0.25) is 0 Å². The van der Waals surface area contributed by atoms with Gasteiger partial charge < -0.3 is 4.74 Å². The largest absolute Gasteiger partial charge is 0.493 e. The summed E-state index contributed by atoms with van der Waals surface area (Å²) >= 11 is 0. The molecule has 0 N–H and O–H groups in total. The molecule has 0 saturated heterocycles. The Morgan fingerprint density at radius 1 is 1.12 bits per heavy atom. The maximum atomic E-state index is 12.8. The molecule has 0 aliphatic rings. The van der Waals surface area contributed by atoms with Gasteiger partial charge in [-0.3, -0.25) is 0 Å². The number of hydrogen-bond acceptors (Lipinski definition) is 1. The van der Waals surface area contributed by atoms with Crippen LogP contribution in [0.1, 0.15) is 25.7 Å². The highest BCUT2D eigenvalue weighted by Gasteiger charge is 2.02. The molecule has 0 aliphatic carbocycles. The Kier molecular flexibility index (Phi) is 5.54. The molecule has 0 bridgehead atoms. The van der Waals surface area contributed by atoms with E-state index in [2.05, 4.69) is 6.58 Å². The molecule has 1 nitrogen and oxygen atoms in total. The molecule has 0 fully saturated rings. The van der Waals surface area contributed by atoms with E-state index >= 15 is 0 Å². The summed E-state index contributed by atoms with van der Waals surface area (Å²) in [6.45, 7) is 4.17. The van der Waals surface area contributed by atoms with E-state index in [1.54, 1.807) is 0 Å². The van der Waals surface area contributed by atoms with Gasteiger partial charge in [0.05, 0.1) is 6.61 Å². The zero-order valence-electron chi connectivity index (χ0n) is 9.22. The van der Waals surface area contributed by atoms with Gasteiger partial charge in [0.25, 0.3) is 0 Å². The van der Waals surface area contributed by atoms with Crippen LogP contribution in [0.2, 0.25) is 0 Å². The zero-order chi connectivity index (χ0) is 11.8. The molecule has 88 valence electrons. The Hall–Kier alpha value is -1.38. The molecular weight excluding hydrogens is 210 g/mol. The van der Waals surface area contributed by atoms with Crippen molar-refractivity contribution in [2.45, 2.75) is 25.7 Å². The average molecular weight is 226 g/mol. The second-order valence-electron chi connectivity index (χ2n) is 3.56. The van der Waals surface area contributed by atoms with E-state index < -0.39 is 11.6 Å². The van der Waals surface area contributed by atoms with Gasteiger partial charge in [-0.05, 0) is 37.8 Å². The first-order valence-corrected chi connectivity index (χ1v) is 5.43. The molecule has 3 heteroatoms. The van der Waals surface area contributed by atoms with Crippen molar-refractivity contribution in [2.75, 3.05) is 6.61 Å². The van der Waals surface area contributed by atoms with Gasteiger partial charge in [-0.1, -0.05) is 6.08 Å². The molecule has 1 rings (SSSR count). The van der Waals surface area contributed by atoms with Crippen molar-refractivity contribution >= 4 is 0 Å². The van der Waals surface area contributed by atoms with Crippen LogP contribution in [-0.2, 0) is 0 Å². The van der Waals surface area contributed by atoms with Crippen molar-refractivity contribution in [1.82, 2.24) is 0 Å². The van der Waals surface area contributed by atoms with Crippen molar-refractivity contribution in [3.63, 3.8) is 0 Å². The zero-order valence-corrected chi connectivity index (χ0v) is 9.22. The van der Waals surface area contributed by atoms with E-state index in [1.807, 2.05) is 6.08 Å². The predicted molar refractivity (Wildman–Crippen MR) is 60.5 cm³/mol. The molecule has 0 atom stereocenters. The molecule has 1 aromatic rings. The summed E-state index contributed by atoms with van der Waals surface area (Å²) in [7, 11) is 0. The minimum atomic E-state index is -0.871. The van der Waals surface area contributed by atoms with E-state index in [1.165, 1.54) is 6.07 Å². The third-order valence-electron chi connectivity index (χ3n) is 2.21. The van der Waals surface area contributed by atoms with Crippen molar-refractivity contribution in [3.8, 4) is 5.75 Å². The lowest BCUT2D eigenvalue weighted by Gasteiger charge is -2.05. The first-order chi connectivity index (χ1) is 7.74. The van der Waals surface area contributed by atoms with Crippen LogP contribution in [0, 0.1) is 11.6 Å². The van der Waals surface area contributed by atoms with Gasteiger partial charge in [0.15, 0.2) is 11.6 Å². The quantitative estimate of drug-likeness (QED) is 0.502. The average Bonchev–Trinajstić information content (AvgIpc) is 2.28. The van der Waals surface area contributed by atoms with E-state index in [0.29, 0.717) is 12.4 Å². The number of halogens is 2. The van der Waals surface area contributed by atoms with Gasteiger partial charge in [0, 0.05) is 6.07 Å². The van der Waals surface area contributed by atoms with Crippen LogP contribution >= 0.6 is 0 Å². The molecular formula is C13H16F2O. The fourth-order valence-electron chi connectivity index (χ4n) is 1.32. The normalized spacial score (nSPS) is 10.1. The number of ether oxygens (including phenoxy) is 1. The highest BCUT2D eigenvalue weighted by molar-refractivity contribution is 5.23. The van der Waals surface area contributed by atoms with Gasteiger partial charge in [-0.2, -0.15) is 0 Å². The van der Waals surface area contributed by atoms with Crippen molar-refractivity contribution < 1.29 is 13.5 Å². The number of unbranched alkanes of at least 4 members (excludes halogenated alkanes) is 3. The summed E-state index contributed by atoms with van der Waals surface area (Å²) in [5.74, 6) is -1.34.